The summed E-state index contributed by atoms with van der Waals surface area (Å²) in [5.41, 5.74) is 4.10. The molecule has 2 aromatic rings. The Hall–Kier alpha value is -2.33. The van der Waals surface area contributed by atoms with Crippen molar-refractivity contribution in [2.45, 2.75) is 44.9 Å². The molecular formula is C24H31NO3. The molecule has 0 unspecified atom stereocenters. The summed E-state index contributed by atoms with van der Waals surface area (Å²) in [6, 6.07) is 17.0. The molecule has 4 nitrogen and oxygen atoms in total. The van der Waals surface area contributed by atoms with Gasteiger partial charge in [-0.3, -0.25) is 4.79 Å². The first-order valence-corrected chi connectivity index (χ1v) is 10.4. The fourth-order valence-corrected chi connectivity index (χ4v) is 3.86. The van der Waals surface area contributed by atoms with Crippen LogP contribution < -0.4 is 4.74 Å². The summed E-state index contributed by atoms with van der Waals surface area (Å²) in [5, 5.41) is 8.83. The van der Waals surface area contributed by atoms with Gasteiger partial charge in [0, 0.05) is 19.5 Å². The zero-order valence-corrected chi connectivity index (χ0v) is 16.6. The third kappa shape index (κ3) is 6.38. The van der Waals surface area contributed by atoms with Crippen molar-refractivity contribution >= 4 is 5.97 Å². The first-order valence-electron chi connectivity index (χ1n) is 10.4. The zero-order chi connectivity index (χ0) is 19.6. The summed E-state index contributed by atoms with van der Waals surface area (Å²) in [6.07, 6.45) is 6.24. The Morgan fingerprint density at radius 3 is 2.61 bits per heavy atom. The highest BCUT2D eigenvalue weighted by molar-refractivity contribution is 5.66. The van der Waals surface area contributed by atoms with Gasteiger partial charge in [0.1, 0.15) is 5.75 Å². The molecule has 1 heterocycles. The Labute approximate surface area is 168 Å². The van der Waals surface area contributed by atoms with Gasteiger partial charge in [-0.25, -0.2) is 0 Å². The number of rotatable bonds is 10. The monoisotopic (exact) mass is 381 g/mol. The maximum Gasteiger partial charge on any atom is 0.303 e. The van der Waals surface area contributed by atoms with Gasteiger partial charge in [0.2, 0.25) is 0 Å². The van der Waals surface area contributed by atoms with Crippen molar-refractivity contribution < 1.29 is 14.6 Å². The molecule has 0 saturated carbocycles. The quantitative estimate of drug-likeness (QED) is 0.622. The second kappa shape index (κ2) is 10.9. The first-order chi connectivity index (χ1) is 13.7. The highest BCUT2D eigenvalue weighted by Crippen LogP contribution is 2.26. The molecule has 150 valence electrons. The number of benzene rings is 2. The lowest BCUT2D eigenvalue weighted by Gasteiger charge is -2.19. The van der Waals surface area contributed by atoms with Crippen LogP contribution in [0.2, 0.25) is 0 Å². The van der Waals surface area contributed by atoms with Gasteiger partial charge in [-0.15, -0.1) is 0 Å². The molecule has 2 aromatic carbocycles. The maximum atomic E-state index is 10.7. The number of carbonyl (C=O) groups is 1. The number of aliphatic carboxylic acids is 1. The molecule has 0 aliphatic carbocycles. The molecule has 1 aliphatic heterocycles. The first kappa shape index (κ1) is 20.4. The van der Waals surface area contributed by atoms with E-state index in [1.165, 1.54) is 16.7 Å². The minimum atomic E-state index is -0.707. The van der Waals surface area contributed by atoms with E-state index in [1.54, 1.807) is 0 Å². The lowest BCUT2D eigenvalue weighted by Crippen LogP contribution is -2.27. The van der Waals surface area contributed by atoms with Crippen LogP contribution in [-0.4, -0.2) is 42.2 Å². The van der Waals surface area contributed by atoms with Crippen molar-refractivity contribution in [1.29, 1.82) is 0 Å². The molecule has 0 spiro atoms. The average Bonchev–Trinajstić information content (AvgIpc) is 2.91. The second-order valence-corrected chi connectivity index (χ2v) is 7.52. The Kier molecular flexibility index (Phi) is 7.92. The predicted octanol–water partition coefficient (Wildman–Crippen LogP) is 4.35. The van der Waals surface area contributed by atoms with E-state index in [1.807, 2.05) is 0 Å². The van der Waals surface area contributed by atoms with E-state index in [-0.39, 0.29) is 6.42 Å². The van der Waals surface area contributed by atoms with Gasteiger partial charge in [-0.1, -0.05) is 42.5 Å². The van der Waals surface area contributed by atoms with Crippen LogP contribution in [0.4, 0.5) is 0 Å². The predicted molar refractivity (Wildman–Crippen MR) is 112 cm³/mol. The molecule has 0 aromatic heterocycles. The molecule has 28 heavy (non-hydrogen) atoms. The minimum absolute atomic E-state index is 0.251. The molecule has 0 saturated heterocycles. The smallest absolute Gasteiger partial charge is 0.303 e. The Morgan fingerprint density at radius 1 is 0.964 bits per heavy atom. The summed E-state index contributed by atoms with van der Waals surface area (Å²) in [4.78, 5) is 13.1. The highest BCUT2D eigenvalue weighted by Gasteiger charge is 2.17. The number of carboxylic acids is 1. The lowest BCUT2D eigenvalue weighted by atomic mass is 10.0. The third-order valence-electron chi connectivity index (χ3n) is 5.43. The summed E-state index contributed by atoms with van der Waals surface area (Å²) >= 11 is 0. The van der Waals surface area contributed by atoms with Crippen LogP contribution in [0.25, 0.3) is 0 Å². The van der Waals surface area contributed by atoms with Crippen molar-refractivity contribution in [2.75, 3.05) is 26.2 Å². The number of ether oxygens (including phenoxy) is 1. The van der Waals surface area contributed by atoms with E-state index in [0.29, 0.717) is 0 Å². The molecule has 1 aliphatic rings. The Morgan fingerprint density at radius 2 is 1.79 bits per heavy atom. The molecule has 1 N–H and O–H groups in total. The fraction of sp³-hybridized carbons (Fsp3) is 0.458. The fourth-order valence-electron chi connectivity index (χ4n) is 3.86. The summed E-state index contributed by atoms with van der Waals surface area (Å²) in [7, 11) is 0. The molecule has 0 fully saturated rings. The highest BCUT2D eigenvalue weighted by atomic mass is 16.5. The SMILES string of the molecule is O=C(O)CCCN1CCc2cccc(OCCCCc3ccccc3)c2CC1. The van der Waals surface area contributed by atoms with Crippen molar-refractivity contribution in [2.24, 2.45) is 0 Å². The molecule has 4 heteroatoms. The van der Waals surface area contributed by atoms with Gasteiger partial charge < -0.3 is 14.7 Å². The van der Waals surface area contributed by atoms with Crippen LogP contribution in [0.3, 0.4) is 0 Å². The minimum Gasteiger partial charge on any atom is -0.493 e. The average molecular weight is 382 g/mol. The van der Waals surface area contributed by atoms with E-state index in [2.05, 4.69) is 53.4 Å². The maximum absolute atomic E-state index is 10.7. The van der Waals surface area contributed by atoms with Crippen LogP contribution in [-0.2, 0) is 24.1 Å². The standard InChI is InChI=1S/C24H31NO3/c26-24(27)13-7-16-25-17-14-21-11-6-12-23(22(21)15-18-25)28-19-5-4-10-20-8-2-1-3-9-20/h1-3,6,8-9,11-12H,4-5,7,10,13-19H2,(H,26,27). The zero-order valence-electron chi connectivity index (χ0n) is 16.6. The van der Waals surface area contributed by atoms with E-state index >= 15 is 0 Å². The summed E-state index contributed by atoms with van der Waals surface area (Å²) < 4.78 is 6.15. The van der Waals surface area contributed by atoms with E-state index < -0.39 is 5.97 Å². The van der Waals surface area contributed by atoms with E-state index in [9.17, 15) is 4.79 Å². The summed E-state index contributed by atoms with van der Waals surface area (Å²) in [6.45, 7) is 3.58. The van der Waals surface area contributed by atoms with Gasteiger partial charge >= 0.3 is 5.97 Å². The van der Waals surface area contributed by atoms with Gasteiger partial charge in [0.25, 0.3) is 0 Å². The van der Waals surface area contributed by atoms with Crippen LogP contribution >= 0.6 is 0 Å². The van der Waals surface area contributed by atoms with Gasteiger partial charge in [0.05, 0.1) is 6.61 Å². The van der Waals surface area contributed by atoms with Crippen LogP contribution in [0.5, 0.6) is 5.75 Å². The van der Waals surface area contributed by atoms with E-state index in [4.69, 9.17) is 9.84 Å². The van der Waals surface area contributed by atoms with Crippen LogP contribution in [0.15, 0.2) is 48.5 Å². The number of unbranched alkanes of at least 4 members (excludes halogenated alkanes) is 1. The Balaban J connectivity index is 1.45. The summed E-state index contributed by atoms with van der Waals surface area (Å²) in [5.74, 6) is 0.325. The normalized spacial score (nSPS) is 14.3. The lowest BCUT2D eigenvalue weighted by molar-refractivity contribution is -0.137. The second-order valence-electron chi connectivity index (χ2n) is 7.52. The molecule has 3 rings (SSSR count). The van der Waals surface area contributed by atoms with Crippen LogP contribution in [0, 0.1) is 0 Å². The van der Waals surface area contributed by atoms with Crippen molar-refractivity contribution in [3.05, 3.63) is 65.2 Å². The Bertz CT molecular complexity index is 745. The van der Waals surface area contributed by atoms with Gasteiger partial charge in [-0.2, -0.15) is 0 Å². The molecule has 0 bridgehead atoms. The molecule has 0 radical (unpaired) electrons. The number of nitrogens with zero attached hydrogens (tertiary/aromatic N) is 1. The topological polar surface area (TPSA) is 49.8 Å². The van der Waals surface area contributed by atoms with Gasteiger partial charge in [-0.05, 0) is 67.8 Å². The molecular weight excluding hydrogens is 350 g/mol. The number of fused-ring (bicyclic) bond motifs is 1. The van der Waals surface area contributed by atoms with Crippen molar-refractivity contribution in [3.63, 3.8) is 0 Å². The molecule has 0 atom stereocenters. The number of hydrogen-bond acceptors (Lipinski definition) is 3. The van der Waals surface area contributed by atoms with Crippen molar-refractivity contribution in [3.8, 4) is 5.75 Å². The number of aryl methyl sites for hydroxylation is 1. The van der Waals surface area contributed by atoms with Gasteiger partial charge in [0.15, 0.2) is 0 Å². The van der Waals surface area contributed by atoms with Crippen LogP contribution in [0.1, 0.15) is 42.4 Å². The van der Waals surface area contributed by atoms with E-state index in [0.717, 1.165) is 70.5 Å². The third-order valence-corrected chi connectivity index (χ3v) is 5.43. The van der Waals surface area contributed by atoms with Crippen molar-refractivity contribution in [1.82, 2.24) is 4.90 Å². The number of hydrogen-bond donors (Lipinski definition) is 1. The molecule has 0 amide bonds. The number of carboxylic acid groups (broad SMARTS) is 1. The largest absolute Gasteiger partial charge is 0.493 e.